The number of hydrogen-bond donors (Lipinski definition) is 1. The number of rotatable bonds is 4. The number of aromatic nitrogens is 2. The van der Waals surface area contributed by atoms with Crippen LogP contribution in [0.25, 0.3) is 0 Å². The molecule has 2 N–H and O–H groups in total. The van der Waals surface area contributed by atoms with Gasteiger partial charge in [-0.2, -0.15) is 5.10 Å². The van der Waals surface area contributed by atoms with E-state index in [-0.39, 0.29) is 6.04 Å². The third-order valence-corrected chi connectivity index (χ3v) is 3.66. The zero-order valence-corrected chi connectivity index (χ0v) is 13.9. The first-order chi connectivity index (χ1) is 9.38. The fourth-order valence-corrected chi connectivity index (χ4v) is 2.49. The Labute approximate surface area is 128 Å². The molecule has 0 amide bonds. The topological polar surface area (TPSA) is 53.1 Å². The predicted molar refractivity (Wildman–Crippen MR) is 84.3 cm³/mol. The van der Waals surface area contributed by atoms with Gasteiger partial charge in [-0.1, -0.05) is 22.0 Å². The number of aryl methyl sites for hydroxylation is 3. The quantitative estimate of drug-likeness (QED) is 0.929. The Hall–Kier alpha value is -1.33. The average molecular weight is 338 g/mol. The minimum Gasteiger partial charge on any atom is -0.439 e. The molecule has 0 aliphatic carbocycles. The average Bonchev–Trinajstić information content (AvgIpc) is 2.60. The standard InChI is InChI=1S/C15H20BrN3O/c1-9-5-6-12(16)8-14(9)20-15-13(7-10(2)17)11(3)18-19(15)4/h5-6,8,10H,7,17H2,1-4H3. The minimum absolute atomic E-state index is 0.0730. The highest BCUT2D eigenvalue weighted by molar-refractivity contribution is 9.10. The van der Waals surface area contributed by atoms with Crippen molar-refractivity contribution < 1.29 is 4.74 Å². The van der Waals surface area contributed by atoms with E-state index in [0.717, 1.165) is 39.3 Å². The van der Waals surface area contributed by atoms with Gasteiger partial charge in [-0.05, 0) is 44.9 Å². The van der Waals surface area contributed by atoms with Gasteiger partial charge in [0.25, 0.3) is 0 Å². The summed E-state index contributed by atoms with van der Waals surface area (Å²) < 4.78 is 8.85. The number of halogens is 1. The normalized spacial score (nSPS) is 12.5. The molecule has 1 heterocycles. The van der Waals surface area contributed by atoms with E-state index in [4.69, 9.17) is 10.5 Å². The number of nitrogens with two attached hydrogens (primary N) is 1. The summed E-state index contributed by atoms with van der Waals surface area (Å²) in [6.07, 6.45) is 0.752. The highest BCUT2D eigenvalue weighted by Crippen LogP contribution is 2.31. The van der Waals surface area contributed by atoms with E-state index >= 15 is 0 Å². The van der Waals surface area contributed by atoms with E-state index < -0.39 is 0 Å². The third-order valence-electron chi connectivity index (χ3n) is 3.17. The molecule has 0 bridgehead atoms. The van der Waals surface area contributed by atoms with Crippen molar-refractivity contribution in [1.29, 1.82) is 0 Å². The summed E-state index contributed by atoms with van der Waals surface area (Å²) in [5, 5.41) is 4.44. The van der Waals surface area contributed by atoms with Gasteiger partial charge in [0.1, 0.15) is 5.75 Å². The van der Waals surface area contributed by atoms with Gasteiger partial charge in [0, 0.05) is 23.1 Å². The Balaban J connectivity index is 2.40. The molecule has 20 heavy (non-hydrogen) atoms. The van der Waals surface area contributed by atoms with Gasteiger partial charge >= 0.3 is 0 Å². The fraction of sp³-hybridized carbons (Fsp3) is 0.400. The van der Waals surface area contributed by atoms with Crippen molar-refractivity contribution >= 4 is 15.9 Å². The van der Waals surface area contributed by atoms with Crippen LogP contribution in [0.4, 0.5) is 0 Å². The second kappa shape index (κ2) is 5.97. The molecule has 4 nitrogen and oxygen atoms in total. The Morgan fingerprint density at radius 2 is 2.10 bits per heavy atom. The van der Waals surface area contributed by atoms with Crippen molar-refractivity contribution in [2.24, 2.45) is 12.8 Å². The van der Waals surface area contributed by atoms with Gasteiger partial charge in [-0.3, -0.25) is 0 Å². The lowest BCUT2D eigenvalue weighted by Crippen LogP contribution is -2.18. The molecule has 5 heteroatoms. The molecular weight excluding hydrogens is 318 g/mol. The van der Waals surface area contributed by atoms with Gasteiger partial charge in [0.05, 0.1) is 5.69 Å². The lowest BCUT2D eigenvalue weighted by Gasteiger charge is -2.12. The van der Waals surface area contributed by atoms with Crippen molar-refractivity contribution in [1.82, 2.24) is 9.78 Å². The van der Waals surface area contributed by atoms with Crippen LogP contribution in [0, 0.1) is 13.8 Å². The molecule has 2 aromatic rings. The molecule has 1 unspecified atom stereocenters. The van der Waals surface area contributed by atoms with E-state index in [0.29, 0.717) is 0 Å². The number of ether oxygens (including phenoxy) is 1. The van der Waals surface area contributed by atoms with Crippen LogP contribution in [-0.2, 0) is 13.5 Å². The summed E-state index contributed by atoms with van der Waals surface area (Å²) >= 11 is 3.47. The molecule has 0 radical (unpaired) electrons. The molecule has 0 aliphatic heterocycles. The molecule has 0 saturated heterocycles. The maximum absolute atomic E-state index is 6.09. The number of benzene rings is 1. The van der Waals surface area contributed by atoms with Crippen LogP contribution < -0.4 is 10.5 Å². The Bertz CT molecular complexity index is 620. The van der Waals surface area contributed by atoms with Gasteiger partial charge in [0.2, 0.25) is 5.88 Å². The summed E-state index contributed by atoms with van der Waals surface area (Å²) in [7, 11) is 1.89. The van der Waals surface area contributed by atoms with Crippen LogP contribution in [0.15, 0.2) is 22.7 Å². The van der Waals surface area contributed by atoms with Gasteiger partial charge < -0.3 is 10.5 Å². The zero-order chi connectivity index (χ0) is 14.9. The highest BCUT2D eigenvalue weighted by Gasteiger charge is 2.17. The van der Waals surface area contributed by atoms with Crippen molar-refractivity contribution in [2.45, 2.75) is 33.2 Å². The summed E-state index contributed by atoms with van der Waals surface area (Å²) in [5.41, 5.74) is 9.04. The number of hydrogen-bond acceptors (Lipinski definition) is 3. The second-order valence-corrected chi connectivity index (χ2v) is 6.10. The van der Waals surface area contributed by atoms with E-state index in [1.54, 1.807) is 4.68 Å². The van der Waals surface area contributed by atoms with E-state index in [1.807, 2.05) is 46.0 Å². The van der Waals surface area contributed by atoms with Crippen LogP contribution in [-0.4, -0.2) is 15.8 Å². The van der Waals surface area contributed by atoms with E-state index in [9.17, 15) is 0 Å². The van der Waals surface area contributed by atoms with Gasteiger partial charge in [-0.15, -0.1) is 0 Å². The van der Waals surface area contributed by atoms with Gasteiger partial charge in [-0.25, -0.2) is 4.68 Å². The summed E-state index contributed by atoms with van der Waals surface area (Å²) in [6.45, 7) is 6.00. The van der Waals surface area contributed by atoms with Crippen LogP contribution in [0.1, 0.15) is 23.7 Å². The van der Waals surface area contributed by atoms with Crippen molar-refractivity contribution in [3.05, 3.63) is 39.5 Å². The van der Waals surface area contributed by atoms with Crippen LogP contribution in [0.5, 0.6) is 11.6 Å². The van der Waals surface area contributed by atoms with Gasteiger partial charge in [0.15, 0.2) is 0 Å². The molecular formula is C15H20BrN3O. The summed E-state index contributed by atoms with van der Waals surface area (Å²) in [5.74, 6) is 1.59. The van der Waals surface area contributed by atoms with Crippen LogP contribution >= 0.6 is 15.9 Å². The minimum atomic E-state index is 0.0730. The first kappa shape index (κ1) is 15.1. The lowest BCUT2D eigenvalue weighted by molar-refractivity contribution is 0.421. The maximum atomic E-state index is 6.09. The zero-order valence-electron chi connectivity index (χ0n) is 12.3. The van der Waals surface area contributed by atoms with Crippen LogP contribution in [0.2, 0.25) is 0 Å². The van der Waals surface area contributed by atoms with Crippen LogP contribution in [0.3, 0.4) is 0 Å². The van der Waals surface area contributed by atoms with Crippen molar-refractivity contribution in [2.75, 3.05) is 0 Å². The second-order valence-electron chi connectivity index (χ2n) is 5.19. The Morgan fingerprint density at radius 1 is 1.40 bits per heavy atom. The molecule has 108 valence electrons. The van der Waals surface area contributed by atoms with E-state index in [2.05, 4.69) is 21.0 Å². The van der Waals surface area contributed by atoms with Crippen molar-refractivity contribution in [3.8, 4) is 11.6 Å². The monoisotopic (exact) mass is 337 g/mol. The Kier molecular flexibility index (Phi) is 4.50. The lowest BCUT2D eigenvalue weighted by atomic mass is 10.1. The highest BCUT2D eigenvalue weighted by atomic mass is 79.9. The SMILES string of the molecule is Cc1ccc(Br)cc1Oc1c(CC(C)N)c(C)nn1C. The molecule has 0 aliphatic rings. The summed E-state index contributed by atoms with van der Waals surface area (Å²) in [6, 6.07) is 6.06. The first-order valence-electron chi connectivity index (χ1n) is 6.60. The number of nitrogens with zero attached hydrogens (tertiary/aromatic N) is 2. The van der Waals surface area contributed by atoms with Crippen molar-refractivity contribution in [3.63, 3.8) is 0 Å². The molecule has 1 aromatic carbocycles. The molecule has 2 rings (SSSR count). The largest absolute Gasteiger partial charge is 0.439 e. The maximum Gasteiger partial charge on any atom is 0.221 e. The fourth-order valence-electron chi connectivity index (χ4n) is 2.15. The molecule has 0 spiro atoms. The third kappa shape index (κ3) is 3.22. The molecule has 0 saturated carbocycles. The summed E-state index contributed by atoms with van der Waals surface area (Å²) in [4.78, 5) is 0. The molecule has 0 fully saturated rings. The first-order valence-corrected chi connectivity index (χ1v) is 7.40. The molecule has 1 atom stereocenters. The van der Waals surface area contributed by atoms with E-state index in [1.165, 1.54) is 0 Å². The molecule has 1 aromatic heterocycles. The smallest absolute Gasteiger partial charge is 0.221 e. The predicted octanol–water partition coefficient (Wildman–Crippen LogP) is 3.48. The Morgan fingerprint density at radius 3 is 2.75 bits per heavy atom.